The smallest absolute Gasteiger partial charge is 0.286 e. The van der Waals surface area contributed by atoms with Gasteiger partial charge in [-0.25, -0.2) is 0 Å². The van der Waals surface area contributed by atoms with Crippen LogP contribution in [-0.4, -0.2) is 27.8 Å². The molecule has 2 amide bonds. The maximum Gasteiger partial charge on any atom is 0.286 e. The maximum atomic E-state index is 12.3. The minimum absolute atomic E-state index is 0.0341. The highest BCUT2D eigenvalue weighted by Crippen LogP contribution is 2.19. The standard InChI is InChI=1S/C21H22N4O2S2/c1-14-8-10-17(11-9-14)23-20(27)21-25-24-19(29-21)13-28-12-18(26)22-15(2)16-6-4-3-5-7-16/h3-11,15H,12-13H2,1-2H3,(H,22,26)(H,23,27)/t15-/m1/s1. The Morgan fingerprint density at radius 1 is 1.07 bits per heavy atom. The quantitative estimate of drug-likeness (QED) is 0.564. The molecule has 1 heterocycles. The minimum Gasteiger partial charge on any atom is -0.349 e. The van der Waals surface area contributed by atoms with Gasteiger partial charge in [-0.05, 0) is 31.5 Å². The second kappa shape index (κ2) is 10.2. The van der Waals surface area contributed by atoms with Gasteiger partial charge in [0.05, 0.1) is 11.8 Å². The van der Waals surface area contributed by atoms with Gasteiger partial charge in [0.1, 0.15) is 5.01 Å². The first-order chi connectivity index (χ1) is 14.0. The number of rotatable bonds is 8. The SMILES string of the molecule is Cc1ccc(NC(=O)c2nnc(CSCC(=O)N[C@H](C)c3ccccc3)s2)cc1. The summed E-state index contributed by atoms with van der Waals surface area (Å²) in [4.78, 5) is 24.4. The molecule has 3 aromatic rings. The molecule has 0 saturated heterocycles. The topological polar surface area (TPSA) is 84.0 Å². The Morgan fingerprint density at radius 3 is 2.52 bits per heavy atom. The van der Waals surface area contributed by atoms with Crippen LogP contribution < -0.4 is 10.6 Å². The van der Waals surface area contributed by atoms with Crippen LogP contribution in [0.4, 0.5) is 5.69 Å². The fourth-order valence-electron chi connectivity index (χ4n) is 2.56. The van der Waals surface area contributed by atoms with Gasteiger partial charge in [-0.15, -0.1) is 22.0 Å². The Hall–Kier alpha value is -2.71. The Balaban J connectivity index is 1.43. The third kappa shape index (κ3) is 6.40. The Morgan fingerprint density at radius 2 is 1.79 bits per heavy atom. The van der Waals surface area contributed by atoms with Crippen LogP contribution in [0.3, 0.4) is 0 Å². The van der Waals surface area contributed by atoms with Crippen LogP contribution in [0.15, 0.2) is 54.6 Å². The molecule has 1 aromatic heterocycles. The van der Waals surface area contributed by atoms with Crippen molar-refractivity contribution in [2.45, 2.75) is 25.6 Å². The number of aryl methyl sites for hydroxylation is 1. The van der Waals surface area contributed by atoms with E-state index in [0.29, 0.717) is 21.5 Å². The van der Waals surface area contributed by atoms with E-state index in [2.05, 4.69) is 20.8 Å². The van der Waals surface area contributed by atoms with E-state index < -0.39 is 0 Å². The molecule has 29 heavy (non-hydrogen) atoms. The van der Waals surface area contributed by atoms with Crippen LogP contribution in [0.1, 0.15) is 38.9 Å². The number of carbonyl (C=O) groups is 2. The number of amides is 2. The zero-order valence-corrected chi connectivity index (χ0v) is 17.8. The van der Waals surface area contributed by atoms with Gasteiger partial charge in [0.2, 0.25) is 10.9 Å². The lowest BCUT2D eigenvalue weighted by atomic mass is 10.1. The van der Waals surface area contributed by atoms with Gasteiger partial charge in [0.25, 0.3) is 5.91 Å². The first-order valence-corrected chi connectivity index (χ1v) is 11.1. The van der Waals surface area contributed by atoms with Gasteiger partial charge in [0.15, 0.2) is 0 Å². The number of carbonyl (C=O) groups excluding carboxylic acids is 2. The van der Waals surface area contributed by atoms with E-state index in [-0.39, 0.29) is 17.9 Å². The molecule has 2 aromatic carbocycles. The largest absolute Gasteiger partial charge is 0.349 e. The van der Waals surface area contributed by atoms with Crippen molar-refractivity contribution >= 4 is 40.6 Å². The van der Waals surface area contributed by atoms with Gasteiger partial charge in [-0.1, -0.05) is 59.4 Å². The molecule has 8 heteroatoms. The molecule has 0 aliphatic carbocycles. The molecule has 0 aliphatic rings. The lowest BCUT2D eigenvalue weighted by Crippen LogP contribution is -2.28. The van der Waals surface area contributed by atoms with E-state index in [0.717, 1.165) is 16.8 Å². The van der Waals surface area contributed by atoms with Crippen molar-refractivity contribution in [3.05, 3.63) is 75.7 Å². The number of thioether (sulfide) groups is 1. The summed E-state index contributed by atoms with van der Waals surface area (Å²) in [6.07, 6.45) is 0. The normalized spacial score (nSPS) is 11.7. The van der Waals surface area contributed by atoms with Crippen LogP contribution in [-0.2, 0) is 10.5 Å². The zero-order chi connectivity index (χ0) is 20.6. The van der Waals surface area contributed by atoms with Crippen molar-refractivity contribution in [1.82, 2.24) is 15.5 Å². The Kier molecular flexibility index (Phi) is 7.37. The summed E-state index contributed by atoms with van der Waals surface area (Å²) in [6, 6.07) is 17.4. The van der Waals surface area contributed by atoms with E-state index in [9.17, 15) is 9.59 Å². The number of nitrogens with one attached hydrogen (secondary N) is 2. The highest BCUT2D eigenvalue weighted by Gasteiger charge is 2.14. The number of aromatic nitrogens is 2. The van der Waals surface area contributed by atoms with Crippen LogP contribution >= 0.6 is 23.1 Å². The van der Waals surface area contributed by atoms with Gasteiger partial charge in [-0.3, -0.25) is 9.59 Å². The molecule has 1 atom stereocenters. The van der Waals surface area contributed by atoms with Gasteiger partial charge < -0.3 is 10.6 Å². The number of hydrogen-bond donors (Lipinski definition) is 2. The summed E-state index contributed by atoms with van der Waals surface area (Å²) in [6.45, 7) is 3.95. The van der Waals surface area contributed by atoms with Crippen LogP contribution in [0, 0.1) is 6.92 Å². The molecule has 2 N–H and O–H groups in total. The van der Waals surface area contributed by atoms with E-state index in [1.807, 2.05) is 68.4 Å². The average molecular weight is 427 g/mol. The van der Waals surface area contributed by atoms with Gasteiger partial charge >= 0.3 is 0 Å². The van der Waals surface area contributed by atoms with Crippen molar-refractivity contribution in [2.24, 2.45) is 0 Å². The van der Waals surface area contributed by atoms with Crippen molar-refractivity contribution < 1.29 is 9.59 Å². The van der Waals surface area contributed by atoms with Crippen LogP contribution in [0.2, 0.25) is 0 Å². The minimum atomic E-state index is -0.281. The maximum absolute atomic E-state index is 12.3. The Labute approximate surface area is 178 Å². The fraction of sp³-hybridized carbons (Fsp3) is 0.238. The Bertz CT molecular complexity index is 958. The van der Waals surface area contributed by atoms with Crippen molar-refractivity contribution in [3.8, 4) is 0 Å². The van der Waals surface area contributed by atoms with Crippen molar-refractivity contribution in [1.29, 1.82) is 0 Å². The van der Waals surface area contributed by atoms with Crippen molar-refractivity contribution in [3.63, 3.8) is 0 Å². The van der Waals surface area contributed by atoms with Crippen LogP contribution in [0.25, 0.3) is 0 Å². The third-order valence-electron chi connectivity index (χ3n) is 4.11. The predicted molar refractivity (Wildman–Crippen MR) is 118 cm³/mol. The molecule has 0 unspecified atom stereocenters. The summed E-state index contributed by atoms with van der Waals surface area (Å²) < 4.78 is 0. The molecule has 6 nitrogen and oxygen atoms in total. The summed E-state index contributed by atoms with van der Waals surface area (Å²) in [5, 5.41) is 14.8. The first-order valence-electron chi connectivity index (χ1n) is 9.13. The second-order valence-corrected chi connectivity index (χ2v) is 8.56. The molecule has 0 saturated carbocycles. The predicted octanol–water partition coefficient (Wildman–Crippen LogP) is 4.21. The number of hydrogen-bond acceptors (Lipinski definition) is 6. The lowest BCUT2D eigenvalue weighted by molar-refractivity contribution is -0.119. The summed E-state index contributed by atoms with van der Waals surface area (Å²) >= 11 is 2.69. The highest BCUT2D eigenvalue weighted by molar-refractivity contribution is 7.99. The molecule has 0 fully saturated rings. The molecule has 150 valence electrons. The number of anilines is 1. The van der Waals surface area contributed by atoms with E-state index in [1.165, 1.54) is 23.1 Å². The third-order valence-corrected chi connectivity index (χ3v) is 6.15. The van der Waals surface area contributed by atoms with Crippen molar-refractivity contribution in [2.75, 3.05) is 11.1 Å². The monoisotopic (exact) mass is 426 g/mol. The molecule has 0 aliphatic heterocycles. The first kappa shape index (κ1) is 21.0. The second-order valence-electron chi connectivity index (χ2n) is 6.51. The molecule has 0 spiro atoms. The van der Waals surface area contributed by atoms with E-state index >= 15 is 0 Å². The van der Waals surface area contributed by atoms with E-state index in [4.69, 9.17) is 0 Å². The molecular formula is C21H22N4O2S2. The zero-order valence-electron chi connectivity index (χ0n) is 16.2. The fourth-order valence-corrected chi connectivity index (χ4v) is 4.18. The molecular weight excluding hydrogens is 404 g/mol. The summed E-state index contributed by atoms with van der Waals surface area (Å²) in [5.41, 5.74) is 2.91. The summed E-state index contributed by atoms with van der Waals surface area (Å²) in [7, 11) is 0. The average Bonchev–Trinajstić information content (AvgIpc) is 3.19. The van der Waals surface area contributed by atoms with Gasteiger partial charge in [-0.2, -0.15) is 0 Å². The van der Waals surface area contributed by atoms with Gasteiger partial charge in [0, 0.05) is 11.4 Å². The molecule has 0 radical (unpaired) electrons. The lowest BCUT2D eigenvalue weighted by Gasteiger charge is -2.13. The summed E-state index contributed by atoms with van der Waals surface area (Å²) in [5.74, 6) is 0.537. The molecule has 3 rings (SSSR count). The van der Waals surface area contributed by atoms with Crippen LogP contribution in [0.5, 0.6) is 0 Å². The highest BCUT2D eigenvalue weighted by atomic mass is 32.2. The van der Waals surface area contributed by atoms with E-state index in [1.54, 1.807) is 0 Å². The number of benzene rings is 2. The molecule has 0 bridgehead atoms. The number of nitrogens with zero attached hydrogens (tertiary/aromatic N) is 2.